The van der Waals surface area contributed by atoms with E-state index in [-0.39, 0.29) is 36.3 Å². The Labute approximate surface area is 217 Å². The fourth-order valence-corrected chi connectivity index (χ4v) is 7.21. The van der Waals surface area contributed by atoms with Crippen LogP contribution in [0, 0.1) is 11.8 Å². The molecule has 6 atom stereocenters. The number of alkyl halides is 1. The van der Waals surface area contributed by atoms with Crippen LogP contribution in [0.15, 0.2) is 55.1 Å². The lowest BCUT2D eigenvalue weighted by Crippen LogP contribution is -2.57. The van der Waals surface area contributed by atoms with Crippen LogP contribution in [0.1, 0.15) is 19.3 Å². The summed E-state index contributed by atoms with van der Waals surface area (Å²) in [5, 5.41) is 21.3. The standard InChI is InChI=1S/C27H29BrN2O6/c1-2-11-29(18-10-9-16-7-3-4-8-17(16)14-18)25(33)23-27-15-19(28)22(36-27)20(26(34)35)21(27)24(32)30(23)12-5-6-13-31/h2-4,7-10,14,19-23,31H,1,5-6,11-13,15H2,(H,34,35)/t19?,20-,21+,22-,23-,27+/m0/s1. The van der Waals surface area contributed by atoms with Crippen molar-refractivity contribution in [3.8, 4) is 0 Å². The van der Waals surface area contributed by atoms with E-state index < -0.39 is 35.6 Å². The highest BCUT2D eigenvalue weighted by Crippen LogP contribution is 2.60. The summed E-state index contributed by atoms with van der Waals surface area (Å²) in [6.07, 6.45) is 2.28. The van der Waals surface area contributed by atoms with Gasteiger partial charge >= 0.3 is 5.97 Å². The lowest BCUT2D eigenvalue weighted by molar-refractivity contribution is -0.149. The summed E-state index contributed by atoms with van der Waals surface area (Å²) in [6.45, 7) is 4.26. The maximum absolute atomic E-state index is 14.4. The molecule has 1 spiro atoms. The van der Waals surface area contributed by atoms with Gasteiger partial charge in [-0.25, -0.2) is 0 Å². The molecule has 8 nitrogen and oxygen atoms in total. The van der Waals surface area contributed by atoms with Gasteiger partial charge < -0.3 is 24.7 Å². The second-order valence-corrected chi connectivity index (χ2v) is 10.9. The fourth-order valence-electron chi connectivity index (χ4n) is 6.27. The van der Waals surface area contributed by atoms with E-state index in [1.54, 1.807) is 11.0 Å². The quantitative estimate of drug-likeness (QED) is 0.279. The number of hydrogen-bond donors (Lipinski definition) is 2. The number of anilines is 1. The molecule has 1 unspecified atom stereocenters. The van der Waals surface area contributed by atoms with Crippen LogP contribution in [0.3, 0.4) is 0 Å². The molecule has 2 aromatic rings. The van der Waals surface area contributed by atoms with Gasteiger partial charge in [-0.15, -0.1) is 6.58 Å². The van der Waals surface area contributed by atoms with E-state index in [0.717, 1.165) is 10.8 Å². The summed E-state index contributed by atoms with van der Waals surface area (Å²) in [5.74, 6) is -3.74. The van der Waals surface area contributed by atoms with Crippen LogP contribution in [0.25, 0.3) is 10.8 Å². The number of ether oxygens (including phenoxy) is 1. The van der Waals surface area contributed by atoms with Gasteiger partial charge in [-0.1, -0.05) is 52.3 Å². The summed E-state index contributed by atoms with van der Waals surface area (Å²) in [7, 11) is 0. The first kappa shape index (κ1) is 24.9. The van der Waals surface area contributed by atoms with Gasteiger partial charge in [0.1, 0.15) is 11.6 Å². The van der Waals surface area contributed by atoms with E-state index in [4.69, 9.17) is 4.74 Å². The number of unbranched alkanes of at least 4 members (excludes halogenated alkanes) is 1. The Morgan fingerprint density at radius 1 is 1.22 bits per heavy atom. The van der Waals surface area contributed by atoms with Gasteiger partial charge in [0.2, 0.25) is 5.91 Å². The van der Waals surface area contributed by atoms with Crippen molar-refractivity contribution in [3.63, 3.8) is 0 Å². The first-order valence-electron chi connectivity index (χ1n) is 12.2. The van der Waals surface area contributed by atoms with E-state index in [1.165, 1.54) is 4.90 Å². The zero-order chi connectivity index (χ0) is 25.6. The summed E-state index contributed by atoms with van der Waals surface area (Å²) in [5.41, 5.74) is -0.565. The third kappa shape index (κ3) is 3.76. The third-order valence-corrected chi connectivity index (χ3v) is 8.58. The van der Waals surface area contributed by atoms with Crippen molar-refractivity contribution < 1.29 is 29.3 Å². The highest BCUT2D eigenvalue weighted by atomic mass is 79.9. The molecule has 2 N–H and O–H groups in total. The van der Waals surface area contributed by atoms with Gasteiger partial charge in [-0.2, -0.15) is 0 Å². The zero-order valence-electron chi connectivity index (χ0n) is 19.8. The summed E-state index contributed by atoms with van der Waals surface area (Å²) < 4.78 is 6.33. The number of benzene rings is 2. The van der Waals surface area contributed by atoms with Crippen LogP contribution >= 0.6 is 15.9 Å². The Hall–Kier alpha value is -2.75. The maximum Gasteiger partial charge on any atom is 0.310 e. The third-order valence-electron chi connectivity index (χ3n) is 7.74. The van der Waals surface area contributed by atoms with Gasteiger partial charge in [-0.05, 0) is 42.2 Å². The van der Waals surface area contributed by atoms with E-state index in [0.29, 0.717) is 24.9 Å². The summed E-state index contributed by atoms with van der Waals surface area (Å²) >= 11 is 3.56. The predicted octanol–water partition coefficient (Wildman–Crippen LogP) is 2.96. The van der Waals surface area contributed by atoms with Gasteiger partial charge in [0, 0.05) is 30.2 Å². The number of nitrogens with zero attached hydrogens (tertiary/aromatic N) is 2. The molecule has 190 valence electrons. The number of halogens is 1. The Kier molecular flexibility index (Phi) is 6.65. The SMILES string of the molecule is C=CCN(C(=O)[C@@H]1N(CCCCO)C(=O)[C@H]2[C@H](C(=O)O)[C@H]3O[C@@]12CC3Br)c1ccc2ccccc2c1. The van der Waals surface area contributed by atoms with E-state index in [2.05, 4.69) is 22.5 Å². The Morgan fingerprint density at radius 2 is 1.97 bits per heavy atom. The average Bonchev–Trinajstić information content (AvgIpc) is 3.45. The van der Waals surface area contributed by atoms with Crippen LogP contribution < -0.4 is 4.90 Å². The van der Waals surface area contributed by atoms with Crippen molar-refractivity contribution in [2.45, 2.75) is 41.8 Å². The predicted molar refractivity (Wildman–Crippen MR) is 138 cm³/mol. The number of carbonyl (C=O) groups excluding carboxylic acids is 2. The minimum Gasteiger partial charge on any atom is -0.481 e. The number of hydrogen-bond acceptors (Lipinski definition) is 5. The molecule has 3 aliphatic rings. The largest absolute Gasteiger partial charge is 0.481 e. The molecule has 3 heterocycles. The number of likely N-dealkylation sites (tertiary alicyclic amines) is 1. The molecule has 2 bridgehead atoms. The van der Waals surface area contributed by atoms with Crippen molar-refractivity contribution in [1.29, 1.82) is 0 Å². The molecule has 2 aromatic carbocycles. The molecule has 9 heteroatoms. The molecule has 0 saturated carbocycles. The van der Waals surface area contributed by atoms with Gasteiger partial charge in [-0.3, -0.25) is 14.4 Å². The Morgan fingerprint density at radius 3 is 2.67 bits per heavy atom. The molecule has 3 fully saturated rings. The first-order valence-corrected chi connectivity index (χ1v) is 13.1. The topological polar surface area (TPSA) is 107 Å². The molecule has 0 radical (unpaired) electrons. The van der Waals surface area contributed by atoms with Crippen LogP contribution in [0.4, 0.5) is 5.69 Å². The Bertz CT molecular complexity index is 1220. The molecule has 0 aliphatic carbocycles. The van der Waals surface area contributed by atoms with Crippen LogP contribution in [0.5, 0.6) is 0 Å². The minimum atomic E-state index is -1.23. The molecule has 0 aromatic heterocycles. The Balaban J connectivity index is 1.58. The van der Waals surface area contributed by atoms with Crippen molar-refractivity contribution >= 4 is 50.2 Å². The number of aliphatic hydroxyl groups excluding tert-OH is 1. The number of aliphatic hydroxyl groups is 1. The maximum atomic E-state index is 14.4. The molecular weight excluding hydrogens is 528 g/mol. The first-order chi connectivity index (χ1) is 17.3. The van der Waals surface area contributed by atoms with E-state index >= 15 is 0 Å². The second-order valence-electron chi connectivity index (χ2n) is 9.73. The molecule has 3 saturated heterocycles. The van der Waals surface area contributed by atoms with Crippen molar-refractivity contribution in [1.82, 2.24) is 4.90 Å². The number of rotatable bonds is 9. The monoisotopic (exact) mass is 556 g/mol. The van der Waals surface area contributed by atoms with Gasteiger partial charge in [0.15, 0.2) is 0 Å². The van der Waals surface area contributed by atoms with Gasteiger partial charge in [0.05, 0.1) is 17.9 Å². The van der Waals surface area contributed by atoms with E-state index in [1.807, 2.05) is 42.5 Å². The number of fused-ring (bicyclic) bond motifs is 2. The number of carboxylic acid groups (broad SMARTS) is 1. The van der Waals surface area contributed by atoms with Crippen molar-refractivity contribution in [2.75, 3.05) is 24.6 Å². The second kappa shape index (κ2) is 9.61. The molecular formula is C27H29BrN2O6. The average molecular weight is 557 g/mol. The highest BCUT2D eigenvalue weighted by molar-refractivity contribution is 9.09. The molecule has 3 aliphatic heterocycles. The molecule has 2 amide bonds. The van der Waals surface area contributed by atoms with Crippen LogP contribution in [-0.2, 0) is 19.1 Å². The molecule has 36 heavy (non-hydrogen) atoms. The number of aliphatic carboxylic acids is 1. The fraction of sp³-hybridized carbons (Fsp3) is 0.444. The number of amides is 2. The van der Waals surface area contributed by atoms with Gasteiger partial charge in [0.25, 0.3) is 5.91 Å². The molecule has 5 rings (SSSR count). The minimum absolute atomic E-state index is 0.0330. The van der Waals surface area contributed by atoms with Crippen LogP contribution in [-0.4, -0.2) is 75.2 Å². The number of carboxylic acids is 1. The lowest BCUT2D eigenvalue weighted by Gasteiger charge is -2.37. The van der Waals surface area contributed by atoms with Crippen molar-refractivity contribution in [3.05, 3.63) is 55.1 Å². The summed E-state index contributed by atoms with van der Waals surface area (Å²) in [6, 6.07) is 12.6. The summed E-state index contributed by atoms with van der Waals surface area (Å²) in [4.78, 5) is 43.1. The van der Waals surface area contributed by atoms with Crippen molar-refractivity contribution in [2.24, 2.45) is 11.8 Å². The number of carbonyl (C=O) groups is 3. The smallest absolute Gasteiger partial charge is 0.310 e. The van der Waals surface area contributed by atoms with E-state index in [9.17, 15) is 24.6 Å². The lowest BCUT2D eigenvalue weighted by atomic mass is 9.70. The van der Waals surface area contributed by atoms with Crippen LogP contribution in [0.2, 0.25) is 0 Å². The highest BCUT2D eigenvalue weighted by Gasteiger charge is 2.76. The normalized spacial score (nSPS) is 30.6. The zero-order valence-corrected chi connectivity index (χ0v) is 21.3.